The van der Waals surface area contributed by atoms with Gasteiger partial charge in [-0.25, -0.2) is 0 Å². The maximum atomic E-state index is 5.16. The molecule has 0 bridgehead atoms. The highest BCUT2D eigenvalue weighted by atomic mass is 16.5. The third-order valence-corrected chi connectivity index (χ3v) is 3.98. The summed E-state index contributed by atoms with van der Waals surface area (Å²) in [4.78, 5) is 7.78. The Morgan fingerprint density at radius 1 is 1.04 bits per heavy atom. The lowest BCUT2D eigenvalue weighted by Crippen LogP contribution is -2.08. The first-order chi connectivity index (χ1) is 11.8. The Bertz CT molecular complexity index is 978. The van der Waals surface area contributed by atoms with Crippen LogP contribution >= 0.6 is 0 Å². The molecular weight excluding hydrogens is 302 g/mol. The van der Waals surface area contributed by atoms with Crippen molar-refractivity contribution in [2.24, 2.45) is 0 Å². The molecule has 24 heavy (non-hydrogen) atoms. The van der Waals surface area contributed by atoms with Gasteiger partial charge in [-0.1, -0.05) is 30.3 Å². The molecule has 0 saturated heterocycles. The molecule has 0 aliphatic carbocycles. The van der Waals surface area contributed by atoms with Crippen LogP contribution in [0.5, 0.6) is 5.75 Å². The van der Waals surface area contributed by atoms with E-state index in [0.29, 0.717) is 5.95 Å². The fraction of sp³-hybridized carbons (Fsp3) is 0.167. The van der Waals surface area contributed by atoms with Crippen molar-refractivity contribution in [3.05, 3.63) is 54.1 Å². The molecule has 4 aromatic rings. The van der Waals surface area contributed by atoms with Gasteiger partial charge in [-0.05, 0) is 30.2 Å². The number of methoxy groups -OCH3 is 1. The van der Waals surface area contributed by atoms with Crippen molar-refractivity contribution in [1.29, 1.82) is 0 Å². The maximum absolute atomic E-state index is 5.16. The van der Waals surface area contributed by atoms with Crippen LogP contribution in [0.4, 0.5) is 5.95 Å². The molecule has 0 saturated carbocycles. The first-order valence-corrected chi connectivity index (χ1v) is 7.81. The first-order valence-electron chi connectivity index (χ1n) is 7.81. The van der Waals surface area contributed by atoms with Gasteiger partial charge in [0.2, 0.25) is 5.95 Å². The molecule has 4 rings (SSSR count). The Labute approximate surface area is 138 Å². The summed E-state index contributed by atoms with van der Waals surface area (Å²) in [6.07, 6.45) is 0.873. The van der Waals surface area contributed by atoms with E-state index in [1.807, 2.05) is 36.4 Å². The molecule has 0 amide bonds. The number of fused-ring (bicyclic) bond motifs is 3. The summed E-state index contributed by atoms with van der Waals surface area (Å²) < 4.78 is 5.16. The minimum atomic E-state index is 0.530. The summed E-state index contributed by atoms with van der Waals surface area (Å²) in [6.45, 7) is 0.736. The Kier molecular flexibility index (Phi) is 3.70. The third kappa shape index (κ3) is 2.74. The zero-order valence-corrected chi connectivity index (χ0v) is 13.3. The lowest BCUT2D eigenvalue weighted by atomic mass is 10.1. The summed E-state index contributed by atoms with van der Waals surface area (Å²) in [7, 11) is 1.67. The van der Waals surface area contributed by atoms with Crippen molar-refractivity contribution >= 4 is 28.0 Å². The number of nitrogens with one attached hydrogen (secondary N) is 2. The fourth-order valence-corrected chi connectivity index (χ4v) is 2.71. The van der Waals surface area contributed by atoms with E-state index in [1.54, 1.807) is 7.11 Å². The zero-order valence-electron chi connectivity index (χ0n) is 13.3. The van der Waals surface area contributed by atoms with Crippen LogP contribution in [0.25, 0.3) is 22.1 Å². The van der Waals surface area contributed by atoms with Crippen LogP contribution in [-0.2, 0) is 6.42 Å². The quantitative estimate of drug-likeness (QED) is 0.591. The van der Waals surface area contributed by atoms with Crippen molar-refractivity contribution in [2.75, 3.05) is 19.0 Å². The molecule has 2 aromatic heterocycles. The monoisotopic (exact) mass is 319 g/mol. The van der Waals surface area contributed by atoms with Gasteiger partial charge in [0.25, 0.3) is 0 Å². The molecule has 120 valence electrons. The predicted octanol–water partition coefficient (Wildman–Crippen LogP) is 3.17. The van der Waals surface area contributed by atoms with Gasteiger partial charge in [0.15, 0.2) is 5.65 Å². The van der Waals surface area contributed by atoms with Gasteiger partial charge in [0.05, 0.1) is 7.11 Å². The lowest BCUT2D eigenvalue weighted by Gasteiger charge is -2.05. The molecule has 0 aliphatic rings. The largest absolute Gasteiger partial charge is 0.497 e. The lowest BCUT2D eigenvalue weighted by molar-refractivity contribution is 0.414. The fourth-order valence-electron chi connectivity index (χ4n) is 2.71. The first kappa shape index (κ1) is 14.4. The van der Waals surface area contributed by atoms with Crippen LogP contribution in [0.1, 0.15) is 5.56 Å². The number of aromatic amines is 1. The van der Waals surface area contributed by atoms with Crippen molar-refractivity contribution in [1.82, 2.24) is 20.2 Å². The topological polar surface area (TPSA) is 75.7 Å². The van der Waals surface area contributed by atoms with Gasteiger partial charge >= 0.3 is 0 Å². The molecular formula is C18H17N5O. The highest BCUT2D eigenvalue weighted by Gasteiger charge is 2.08. The van der Waals surface area contributed by atoms with E-state index in [2.05, 4.69) is 37.6 Å². The number of aromatic nitrogens is 4. The molecule has 6 heteroatoms. The number of nitrogens with zero attached hydrogens (tertiary/aromatic N) is 3. The Morgan fingerprint density at radius 3 is 2.71 bits per heavy atom. The molecule has 6 nitrogen and oxygen atoms in total. The van der Waals surface area contributed by atoms with Gasteiger partial charge in [-0.3, -0.25) is 0 Å². The van der Waals surface area contributed by atoms with Gasteiger partial charge in [0, 0.05) is 17.4 Å². The zero-order chi connectivity index (χ0) is 16.4. The molecule has 0 atom stereocenters. The van der Waals surface area contributed by atoms with Crippen molar-refractivity contribution < 1.29 is 4.74 Å². The van der Waals surface area contributed by atoms with Crippen LogP contribution in [0.2, 0.25) is 0 Å². The minimum Gasteiger partial charge on any atom is -0.497 e. The van der Waals surface area contributed by atoms with Crippen LogP contribution in [0.3, 0.4) is 0 Å². The van der Waals surface area contributed by atoms with Gasteiger partial charge < -0.3 is 15.0 Å². The summed E-state index contributed by atoms with van der Waals surface area (Å²) in [5, 5.41) is 12.7. The number of anilines is 1. The summed E-state index contributed by atoms with van der Waals surface area (Å²) in [5.74, 6) is 1.39. The molecule has 0 aliphatic heterocycles. The average Bonchev–Trinajstić information content (AvgIpc) is 3.00. The number of ether oxygens (including phenoxy) is 1. The molecule has 2 N–H and O–H groups in total. The Hall–Kier alpha value is -3.15. The Balaban J connectivity index is 1.47. The van der Waals surface area contributed by atoms with Crippen LogP contribution in [0, 0.1) is 0 Å². The number of benzene rings is 2. The molecule has 0 radical (unpaired) electrons. The molecule has 2 heterocycles. The summed E-state index contributed by atoms with van der Waals surface area (Å²) in [5.41, 5.74) is 3.79. The van der Waals surface area contributed by atoms with E-state index in [1.165, 1.54) is 5.56 Å². The number of hydrogen-bond donors (Lipinski definition) is 2. The number of para-hydroxylation sites is 1. The predicted molar refractivity (Wildman–Crippen MR) is 94.4 cm³/mol. The molecule has 0 unspecified atom stereocenters. The number of H-pyrrole nitrogens is 1. The van der Waals surface area contributed by atoms with E-state index in [0.717, 1.165) is 40.8 Å². The van der Waals surface area contributed by atoms with Gasteiger partial charge in [-0.2, -0.15) is 4.98 Å². The summed E-state index contributed by atoms with van der Waals surface area (Å²) >= 11 is 0. The van der Waals surface area contributed by atoms with Gasteiger partial charge in [-0.15, -0.1) is 10.2 Å². The van der Waals surface area contributed by atoms with Crippen LogP contribution < -0.4 is 10.1 Å². The summed E-state index contributed by atoms with van der Waals surface area (Å²) in [6, 6.07) is 16.0. The van der Waals surface area contributed by atoms with Crippen LogP contribution in [-0.4, -0.2) is 33.8 Å². The standard InChI is InChI=1S/C18H17N5O/c1-24-13-8-6-12(7-9-13)10-11-19-18-21-17-16(22-23-18)14-4-2-3-5-15(14)20-17/h2-9H,10-11H2,1H3,(H2,19,20,21,23). The maximum Gasteiger partial charge on any atom is 0.244 e. The van der Waals surface area contributed by atoms with Crippen LogP contribution in [0.15, 0.2) is 48.5 Å². The number of hydrogen-bond acceptors (Lipinski definition) is 5. The minimum absolute atomic E-state index is 0.530. The van der Waals surface area contributed by atoms with Crippen molar-refractivity contribution in [2.45, 2.75) is 6.42 Å². The second-order valence-electron chi connectivity index (χ2n) is 5.53. The van der Waals surface area contributed by atoms with E-state index >= 15 is 0 Å². The van der Waals surface area contributed by atoms with E-state index in [-0.39, 0.29) is 0 Å². The molecule has 2 aromatic carbocycles. The number of rotatable bonds is 5. The third-order valence-electron chi connectivity index (χ3n) is 3.98. The van der Waals surface area contributed by atoms with Gasteiger partial charge in [0.1, 0.15) is 11.3 Å². The second kappa shape index (κ2) is 6.16. The smallest absolute Gasteiger partial charge is 0.244 e. The van der Waals surface area contributed by atoms with Crippen molar-refractivity contribution in [3.63, 3.8) is 0 Å². The highest BCUT2D eigenvalue weighted by Crippen LogP contribution is 2.21. The molecule has 0 spiro atoms. The van der Waals surface area contributed by atoms with E-state index in [4.69, 9.17) is 4.74 Å². The normalized spacial score (nSPS) is 11.0. The van der Waals surface area contributed by atoms with E-state index in [9.17, 15) is 0 Å². The van der Waals surface area contributed by atoms with E-state index < -0.39 is 0 Å². The average molecular weight is 319 g/mol. The SMILES string of the molecule is COc1ccc(CCNc2nnc3c(n2)[nH]c2ccccc23)cc1. The second-order valence-corrected chi connectivity index (χ2v) is 5.53. The molecule has 0 fully saturated rings. The van der Waals surface area contributed by atoms with Crippen molar-refractivity contribution in [3.8, 4) is 5.75 Å². The Morgan fingerprint density at radius 2 is 1.88 bits per heavy atom. The highest BCUT2D eigenvalue weighted by molar-refractivity contribution is 6.03.